The fraction of sp³-hybridized carbons (Fsp3) is 0.385. The zero-order valence-corrected chi connectivity index (χ0v) is 11.7. The summed E-state index contributed by atoms with van der Waals surface area (Å²) >= 11 is 0. The molecule has 8 heteroatoms. The molecule has 0 saturated carbocycles. The highest BCUT2D eigenvalue weighted by atomic mass is 19.1. The average molecular weight is 300 g/mol. The van der Waals surface area contributed by atoms with E-state index in [4.69, 9.17) is 9.84 Å². The average Bonchev–Trinajstić information content (AvgIpc) is 2.40. The van der Waals surface area contributed by atoms with Crippen molar-refractivity contribution >= 4 is 17.7 Å². The largest absolute Gasteiger partial charge is 0.478 e. The number of amides is 2. The molecule has 7 nitrogen and oxygen atoms in total. The Labute approximate surface area is 120 Å². The SMILES string of the molecule is COCC(O)CN(C)C(=O)Nc1ccc(F)c(C(=O)O)c1. The number of aliphatic hydroxyl groups excluding tert-OH is 1. The third-order valence-electron chi connectivity index (χ3n) is 2.64. The number of halogens is 1. The van der Waals surface area contributed by atoms with Crippen LogP contribution < -0.4 is 5.32 Å². The third-order valence-corrected chi connectivity index (χ3v) is 2.64. The van der Waals surface area contributed by atoms with Crippen molar-refractivity contribution in [2.24, 2.45) is 0 Å². The summed E-state index contributed by atoms with van der Waals surface area (Å²) in [5.74, 6) is -2.31. The van der Waals surface area contributed by atoms with Crippen molar-refractivity contribution in [1.82, 2.24) is 4.90 Å². The number of carboxylic acid groups (broad SMARTS) is 1. The summed E-state index contributed by atoms with van der Waals surface area (Å²) in [7, 11) is 2.88. The number of nitrogens with one attached hydrogen (secondary N) is 1. The van der Waals surface area contributed by atoms with Crippen LogP contribution in [0.25, 0.3) is 0 Å². The van der Waals surface area contributed by atoms with Gasteiger partial charge in [-0.25, -0.2) is 14.0 Å². The molecule has 1 atom stereocenters. The Morgan fingerprint density at radius 2 is 2.14 bits per heavy atom. The fourth-order valence-electron chi connectivity index (χ4n) is 1.63. The minimum Gasteiger partial charge on any atom is -0.478 e. The molecular formula is C13H17FN2O5. The molecule has 0 aliphatic carbocycles. The summed E-state index contributed by atoms with van der Waals surface area (Å²) in [6.07, 6.45) is -0.839. The lowest BCUT2D eigenvalue weighted by atomic mass is 10.2. The molecule has 116 valence electrons. The number of urea groups is 1. The summed E-state index contributed by atoms with van der Waals surface area (Å²) in [4.78, 5) is 23.8. The molecule has 0 radical (unpaired) electrons. The number of anilines is 1. The first-order valence-electron chi connectivity index (χ1n) is 6.07. The van der Waals surface area contributed by atoms with Crippen molar-refractivity contribution < 1.29 is 28.9 Å². The van der Waals surface area contributed by atoms with Gasteiger partial charge in [-0.3, -0.25) is 0 Å². The predicted molar refractivity (Wildman–Crippen MR) is 72.9 cm³/mol. The maximum atomic E-state index is 13.2. The highest BCUT2D eigenvalue weighted by Gasteiger charge is 2.16. The maximum Gasteiger partial charge on any atom is 0.338 e. The van der Waals surface area contributed by atoms with E-state index < -0.39 is 29.5 Å². The van der Waals surface area contributed by atoms with E-state index in [-0.39, 0.29) is 18.8 Å². The van der Waals surface area contributed by atoms with Crippen LogP contribution in [0.1, 0.15) is 10.4 Å². The van der Waals surface area contributed by atoms with Crippen molar-refractivity contribution in [1.29, 1.82) is 0 Å². The number of carbonyl (C=O) groups is 2. The zero-order valence-electron chi connectivity index (χ0n) is 11.7. The fourth-order valence-corrected chi connectivity index (χ4v) is 1.63. The quantitative estimate of drug-likeness (QED) is 0.728. The predicted octanol–water partition coefficient (Wildman–Crippen LogP) is 0.995. The minimum atomic E-state index is -1.42. The van der Waals surface area contributed by atoms with Crippen molar-refractivity contribution in [2.45, 2.75) is 6.10 Å². The number of carboxylic acids is 1. The van der Waals surface area contributed by atoms with Gasteiger partial charge in [0.25, 0.3) is 0 Å². The maximum absolute atomic E-state index is 13.2. The molecule has 0 heterocycles. The number of aliphatic hydroxyl groups is 1. The van der Waals surface area contributed by atoms with Gasteiger partial charge in [0.2, 0.25) is 0 Å². The van der Waals surface area contributed by atoms with E-state index in [9.17, 15) is 19.1 Å². The number of aromatic carboxylic acids is 1. The molecule has 0 aliphatic heterocycles. The van der Waals surface area contributed by atoms with E-state index in [1.807, 2.05) is 0 Å². The number of hydrogen-bond acceptors (Lipinski definition) is 4. The summed E-state index contributed by atoms with van der Waals surface area (Å²) in [5.41, 5.74) is -0.387. The summed E-state index contributed by atoms with van der Waals surface area (Å²) in [5, 5.41) is 20.7. The second kappa shape index (κ2) is 7.55. The molecule has 21 heavy (non-hydrogen) atoms. The zero-order chi connectivity index (χ0) is 16.0. The Bertz CT molecular complexity index is 523. The molecular weight excluding hydrogens is 283 g/mol. The Morgan fingerprint density at radius 3 is 2.71 bits per heavy atom. The summed E-state index contributed by atoms with van der Waals surface area (Å²) in [6.45, 7) is 0.115. The van der Waals surface area contributed by atoms with Crippen LogP contribution in [-0.4, -0.2) is 60.5 Å². The number of rotatable bonds is 6. The molecule has 3 N–H and O–H groups in total. The first-order valence-corrected chi connectivity index (χ1v) is 6.07. The van der Waals surface area contributed by atoms with E-state index in [1.54, 1.807) is 0 Å². The Hall–Kier alpha value is -2.19. The number of methoxy groups -OCH3 is 1. The van der Waals surface area contributed by atoms with Gasteiger partial charge in [-0.1, -0.05) is 0 Å². The summed E-state index contributed by atoms with van der Waals surface area (Å²) in [6, 6.07) is 2.67. The van der Waals surface area contributed by atoms with E-state index in [0.717, 1.165) is 12.1 Å². The molecule has 1 unspecified atom stereocenters. The van der Waals surface area contributed by atoms with Crippen molar-refractivity contribution in [3.63, 3.8) is 0 Å². The Morgan fingerprint density at radius 1 is 1.48 bits per heavy atom. The second-order valence-electron chi connectivity index (χ2n) is 4.42. The van der Waals surface area contributed by atoms with Gasteiger partial charge < -0.3 is 25.2 Å². The van der Waals surface area contributed by atoms with Crippen LogP contribution in [0.4, 0.5) is 14.9 Å². The lowest BCUT2D eigenvalue weighted by molar-refractivity contribution is 0.0501. The lowest BCUT2D eigenvalue weighted by Gasteiger charge is -2.21. The van der Waals surface area contributed by atoms with E-state index in [0.29, 0.717) is 0 Å². The Kier molecular flexibility index (Phi) is 6.07. The molecule has 0 bridgehead atoms. The van der Waals surface area contributed by atoms with Gasteiger partial charge in [-0.2, -0.15) is 0 Å². The van der Waals surface area contributed by atoms with Gasteiger partial charge in [0.15, 0.2) is 0 Å². The molecule has 0 fully saturated rings. The highest BCUT2D eigenvalue weighted by Crippen LogP contribution is 2.15. The van der Waals surface area contributed by atoms with E-state index in [1.165, 1.54) is 25.1 Å². The van der Waals surface area contributed by atoms with Crippen molar-refractivity contribution in [3.8, 4) is 0 Å². The standard InChI is InChI=1S/C13H17FN2O5/c1-16(6-9(17)7-21-2)13(20)15-8-3-4-11(14)10(5-8)12(18)19/h3-5,9,17H,6-7H2,1-2H3,(H,15,20)(H,18,19). The molecule has 1 aromatic rings. The van der Waals surface area contributed by atoms with Gasteiger partial charge >= 0.3 is 12.0 Å². The van der Waals surface area contributed by atoms with Crippen LogP contribution >= 0.6 is 0 Å². The number of ether oxygens (including phenoxy) is 1. The molecule has 2 amide bonds. The van der Waals surface area contributed by atoms with Crippen molar-refractivity contribution in [3.05, 3.63) is 29.6 Å². The number of hydrogen-bond donors (Lipinski definition) is 3. The van der Waals surface area contributed by atoms with Gasteiger partial charge in [-0.15, -0.1) is 0 Å². The molecule has 0 spiro atoms. The molecule has 0 saturated heterocycles. The van der Waals surface area contributed by atoms with Crippen molar-refractivity contribution in [2.75, 3.05) is 32.6 Å². The van der Waals surface area contributed by atoms with Crippen LogP contribution in [0.5, 0.6) is 0 Å². The first-order chi connectivity index (χ1) is 9.85. The molecule has 1 rings (SSSR count). The number of carbonyl (C=O) groups excluding carboxylic acids is 1. The van der Waals surface area contributed by atoms with Crippen LogP contribution in [-0.2, 0) is 4.74 Å². The number of likely N-dealkylation sites (N-methyl/N-ethyl adjacent to an activating group) is 1. The first kappa shape index (κ1) is 16.9. The normalized spacial score (nSPS) is 11.8. The van der Waals surface area contributed by atoms with E-state index >= 15 is 0 Å². The smallest absolute Gasteiger partial charge is 0.338 e. The minimum absolute atomic E-state index is 0.0344. The second-order valence-corrected chi connectivity index (χ2v) is 4.42. The van der Waals surface area contributed by atoms with Gasteiger partial charge in [-0.05, 0) is 18.2 Å². The summed E-state index contributed by atoms with van der Waals surface area (Å²) < 4.78 is 18.0. The van der Waals surface area contributed by atoms with Crippen LogP contribution in [0, 0.1) is 5.82 Å². The van der Waals surface area contributed by atoms with Gasteiger partial charge in [0.05, 0.1) is 24.8 Å². The van der Waals surface area contributed by atoms with Crippen LogP contribution in [0.15, 0.2) is 18.2 Å². The molecule has 0 aromatic heterocycles. The Balaban J connectivity index is 2.70. The number of benzene rings is 1. The lowest BCUT2D eigenvalue weighted by Crippen LogP contribution is -2.38. The highest BCUT2D eigenvalue weighted by molar-refractivity contribution is 5.93. The van der Waals surface area contributed by atoms with Gasteiger partial charge in [0.1, 0.15) is 5.82 Å². The van der Waals surface area contributed by atoms with E-state index in [2.05, 4.69) is 5.32 Å². The number of nitrogens with zero attached hydrogens (tertiary/aromatic N) is 1. The third kappa shape index (κ3) is 5.01. The topological polar surface area (TPSA) is 99.1 Å². The van der Waals surface area contributed by atoms with Crippen LogP contribution in [0.2, 0.25) is 0 Å². The molecule has 1 aromatic carbocycles. The monoisotopic (exact) mass is 300 g/mol. The van der Waals surface area contributed by atoms with Gasteiger partial charge in [0, 0.05) is 19.8 Å². The van der Waals surface area contributed by atoms with Crippen LogP contribution in [0.3, 0.4) is 0 Å². The molecule has 0 aliphatic rings.